The molecule has 2 heterocycles. The molecule has 2 N–H and O–H groups in total. The lowest BCUT2D eigenvalue weighted by atomic mass is 10.2. The molecular weight excluding hydrogens is 316 g/mol. The maximum Gasteiger partial charge on any atom is 0.270 e. The number of amides is 1. The van der Waals surface area contributed by atoms with Crippen molar-refractivity contribution >= 4 is 11.6 Å². The first-order valence-corrected chi connectivity index (χ1v) is 8.63. The lowest BCUT2D eigenvalue weighted by Gasteiger charge is -2.26. The number of nitrogens with zero attached hydrogens (tertiary/aromatic N) is 2. The van der Waals surface area contributed by atoms with Crippen LogP contribution in [0, 0.1) is 0 Å². The highest BCUT2D eigenvalue weighted by molar-refractivity contribution is 5.92. The highest BCUT2D eigenvalue weighted by Crippen LogP contribution is 2.07. The van der Waals surface area contributed by atoms with Gasteiger partial charge in [0.2, 0.25) is 0 Å². The number of ether oxygens (including phenoxy) is 1. The van der Waals surface area contributed by atoms with E-state index in [9.17, 15) is 4.79 Å². The van der Waals surface area contributed by atoms with Gasteiger partial charge in [-0.1, -0.05) is 30.3 Å². The normalized spacial score (nSPS) is 14.9. The smallest absolute Gasteiger partial charge is 0.270 e. The minimum absolute atomic E-state index is 0.163. The molecule has 0 aliphatic carbocycles. The van der Waals surface area contributed by atoms with Gasteiger partial charge >= 0.3 is 0 Å². The van der Waals surface area contributed by atoms with E-state index in [1.807, 2.05) is 36.4 Å². The van der Waals surface area contributed by atoms with Crippen molar-refractivity contribution in [2.24, 2.45) is 0 Å². The Kier molecular flexibility index (Phi) is 6.36. The minimum atomic E-state index is -0.163. The Morgan fingerprint density at radius 3 is 2.64 bits per heavy atom. The molecule has 1 fully saturated rings. The molecule has 0 spiro atoms. The minimum Gasteiger partial charge on any atom is -0.383 e. The summed E-state index contributed by atoms with van der Waals surface area (Å²) in [5, 5.41) is 6.22. The third-order valence-electron chi connectivity index (χ3n) is 4.15. The standard InChI is InChI=1S/C19H24N4O2/c24-19(22-14-16-4-2-1-3-5-16)18-7-6-17(15-21-18)20-8-9-23-10-12-25-13-11-23/h1-7,15,20H,8-14H2,(H,22,24). The number of anilines is 1. The molecule has 0 atom stereocenters. The van der Waals surface area contributed by atoms with Crippen molar-refractivity contribution in [1.82, 2.24) is 15.2 Å². The molecule has 1 saturated heterocycles. The molecule has 1 aliphatic rings. The van der Waals surface area contributed by atoms with Crippen LogP contribution in [0.3, 0.4) is 0 Å². The molecule has 0 unspecified atom stereocenters. The van der Waals surface area contributed by atoms with Gasteiger partial charge in [-0.3, -0.25) is 9.69 Å². The Morgan fingerprint density at radius 2 is 1.92 bits per heavy atom. The number of aromatic nitrogens is 1. The van der Waals surface area contributed by atoms with Gasteiger partial charge in [-0.15, -0.1) is 0 Å². The summed E-state index contributed by atoms with van der Waals surface area (Å²) >= 11 is 0. The summed E-state index contributed by atoms with van der Waals surface area (Å²) in [7, 11) is 0. The number of benzene rings is 1. The number of morpholine rings is 1. The average Bonchev–Trinajstić information content (AvgIpc) is 2.68. The number of hydrogen-bond acceptors (Lipinski definition) is 5. The van der Waals surface area contributed by atoms with E-state index < -0.39 is 0 Å². The Labute approximate surface area is 148 Å². The Balaban J connectivity index is 1.42. The molecule has 2 aromatic rings. The van der Waals surface area contributed by atoms with Gasteiger partial charge in [0.25, 0.3) is 5.91 Å². The van der Waals surface area contributed by atoms with Crippen LogP contribution in [0.5, 0.6) is 0 Å². The zero-order valence-corrected chi connectivity index (χ0v) is 14.3. The Hall–Kier alpha value is -2.44. The maximum absolute atomic E-state index is 12.1. The maximum atomic E-state index is 12.1. The van der Waals surface area contributed by atoms with Gasteiger partial charge in [-0.25, -0.2) is 4.98 Å². The van der Waals surface area contributed by atoms with E-state index >= 15 is 0 Å². The predicted molar refractivity (Wildman–Crippen MR) is 97.6 cm³/mol. The number of rotatable bonds is 7. The van der Waals surface area contributed by atoms with Crippen LogP contribution in [0.2, 0.25) is 0 Å². The lowest BCUT2D eigenvalue weighted by molar-refractivity contribution is 0.0398. The first kappa shape index (κ1) is 17.4. The molecular formula is C19H24N4O2. The first-order valence-electron chi connectivity index (χ1n) is 8.63. The fraction of sp³-hybridized carbons (Fsp3) is 0.368. The van der Waals surface area contributed by atoms with Crippen LogP contribution in [0.4, 0.5) is 5.69 Å². The molecule has 1 aromatic carbocycles. The lowest BCUT2D eigenvalue weighted by Crippen LogP contribution is -2.39. The summed E-state index contributed by atoms with van der Waals surface area (Å²) in [6, 6.07) is 13.5. The highest BCUT2D eigenvalue weighted by Gasteiger charge is 2.10. The summed E-state index contributed by atoms with van der Waals surface area (Å²) in [5.74, 6) is -0.163. The Bertz CT molecular complexity index is 655. The average molecular weight is 340 g/mol. The van der Waals surface area contributed by atoms with Crippen LogP contribution in [0.15, 0.2) is 48.7 Å². The second-order valence-electron chi connectivity index (χ2n) is 5.98. The fourth-order valence-electron chi connectivity index (χ4n) is 2.68. The van der Waals surface area contributed by atoms with Crippen molar-refractivity contribution in [2.45, 2.75) is 6.54 Å². The van der Waals surface area contributed by atoms with Gasteiger partial charge in [0.15, 0.2) is 0 Å². The van der Waals surface area contributed by atoms with E-state index in [4.69, 9.17) is 4.74 Å². The van der Waals surface area contributed by atoms with E-state index in [2.05, 4.69) is 20.5 Å². The molecule has 3 rings (SSSR count). The molecule has 6 nitrogen and oxygen atoms in total. The van der Waals surface area contributed by atoms with Crippen LogP contribution in [-0.2, 0) is 11.3 Å². The van der Waals surface area contributed by atoms with E-state index in [1.165, 1.54) is 0 Å². The van der Waals surface area contributed by atoms with Crippen LogP contribution >= 0.6 is 0 Å². The zero-order valence-electron chi connectivity index (χ0n) is 14.3. The van der Waals surface area contributed by atoms with E-state index in [1.54, 1.807) is 12.3 Å². The zero-order chi connectivity index (χ0) is 17.3. The predicted octanol–water partition coefficient (Wildman–Crippen LogP) is 1.76. The number of carbonyl (C=O) groups is 1. The van der Waals surface area contributed by atoms with Crippen molar-refractivity contribution in [2.75, 3.05) is 44.7 Å². The number of hydrogen-bond donors (Lipinski definition) is 2. The van der Waals surface area contributed by atoms with Crippen molar-refractivity contribution < 1.29 is 9.53 Å². The second-order valence-corrected chi connectivity index (χ2v) is 5.98. The van der Waals surface area contributed by atoms with Crippen LogP contribution in [0.1, 0.15) is 16.1 Å². The van der Waals surface area contributed by atoms with Crippen molar-refractivity contribution in [3.63, 3.8) is 0 Å². The highest BCUT2D eigenvalue weighted by atomic mass is 16.5. The SMILES string of the molecule is O=C(NCc1ccccc1)c1ccc(NCCN2CCOCC2)cn1. The van der Waals surface area contributed by atoms with Gasteiger partial charge in [0, 0.05) is 32.7 Å². The van der Waals surface area contributed by atoms with Gasteiger partial charge < -0.3 is 15.4 Å². The van der Waals surface area contributed by atoms with Crippen LogP contribution < -0.4 is 10.6 Å². The summed E-state index contributed by atoms with van der Waals surface area (Å²) in [6.45, 7) is 5.93. The summed E-state index contributed by atoms with van der Waals surface area (Å²) < 4.78 is 5.34. The summed E-state index contributed by atoms with van der Waals surface area (Å²) in [5.41, 5.74) is 2.42. The molecule has 1 aromatic heterocycles. The number of carbonyl (C=O) groups excluding carboxylic acids is 1. The molecule has 0 saturated carbocycles. The van der Waals surface area contributed by atoms with E-state index in [0.29, 0.717) is 12.2 Å². The second kappa shape index (κ2) is 9.15. The first-order chi connectivity index (χ1) is 12.3. The monoisotopic (exact) mass is 340 g/mol. The number of pyridine rings is 1. The van der Waals surface area contributed by atoms with Crippen molar-refractivity contribution in [3.05, 3.63) is 59.9 Å². The molecule has 0 bridgehead atoms. The van der Waals surface area contributed by atoms with Gasteiger partial charge in [-0.2, -0.15) is 0 Å². The third kappa shape index (κ3) is 5.55. The number of nitrogens with one attached hydrogen (secondary N) is 2. The topological polar surface area (TPSA) is 66.5 Å². The third-order valence-corrected chi connectivity index (χ3v) is 4.15. The van der Waals surface area contributed by atoms with Gasteiger partial charge in [0.1, 0.15) is 5.69 Å². The summed E-state index contributed by atoms with van der Waals surface area (Å²) in [4.78, 5) is 18.8. The van der Waals surface area contributed by atoms with E-state index in [0.717, 1.165) is 50.6 Å². The Morgan fingerprint density at radius 1 is 1.12 bits per heavy atom. The van der Waals surface area contributed by atoms with Gasteiger partial charge in [0.05, 0.1) is 25.1 Å². The van der Waals surface area contributed by atoms with E-state index in [-0.39, 0.29) is 5.91 Å². The van der Waals surface area contributed by atoms with Crippen LogP contribution in [-0.4, -0.2) is 55.2 Å². The van der Waals surface area contributed by atoms with Crippen molar-refractivity contribution in [3.8, 4) is 0 Å². The summed E-state index contributed by atoms with van der Waals surface area (Å²) in [6.07, 6.45) is 1.71. The molecule has 25 heavy (non-hydrogen) atoms. The molecule has 132 valence electrons. The van der Waals surface area contributed by atoms with Crippen LogP contribution in [0.25, 0.3) is 0 Å². The molecule has 1 amide bonds. The molecule has 6 heteroatoms. The fourth-order valence-corrected chi connectivity index (χ4v) is 2.68. The van der Waals surface area contributed by atoms with Crippen molar-refractivity contribution in [1.29, 1.82) is 0 Å². The quantitative estimate of drug-likeness (QED) is 0.804. The van der Waals surface area contributed by atoms with Gasteiger partial charge in [-0.05, 0) is 17.7 Å². The molecule has 1 aliphatic heterocycles. The molecule has 0 radical (unpaired) electrons. The largest absolute Gasteiger partial charge is 0.383 e.